The molecule has 0 aliphatic carbocycles. The molecular formula is C12H10F3N3O6. The number of halogens is 3. The Balaban J connectivity index is 0.000000351. The summed E-state index contributed by atoms with van der Waals surface area (Å²) in [5, 5.41) is 23.1. The molecule has 0 saturated heterocycles. The minimum atomic E-state index is -5.08. The van der Waals surface area contributed by atoms with Crippen molar-refractivity contribution in [2.75, 3.05) is 0 Å². The average Bonchev–Trinajstić information content (AvgIpc) is 2.73. The number of fused-ring (bicyclic) bond motifs is 1. The van der Waals surface area contributed by atoms with E-state index in [0.717, 1.165) is 4.57 Å². The predicted octanol–water partition coefficient (Wildman–Crippen LogP) is 0.596. The van der Waals surface area contributed by atoms with Crippen molar-refractivity contribution in [2.45, 2.75) is 12.7 Å². The number of hydrogen-bond donors (Lipinski definition) is 4. The number of carboxylic acid groups (broad SMARTS) is 2. The number of nitrogens with one attached hydrogen (secondary N) is 1. The Morgan fingerprint density at radius 1 is 1.29 bits per heavy atom. The summed E-state index contributed by atoms with van der Waals surface area (Å²) >= 11 is 0. The summed E-state index contributed by atoms with van der Waals surface area (Å²) in [6.07, 6.45) is -5.08. The van der Waals surface area contributed by atoms with Gasteiger partial charge in [0.2, 0.25) is 0 Å². The quantitative estimate of drug-likeness (QED) is 0.466. The van der Waals surface area contributed by atoms with E-state index in [0.29, 0.717) is 11.1 Å². The van der Waals surface area contributed by atoms with E-state index in [9.17, 15) is 22.8 Å². The topological polar surface area (TPSA) is 160 Å². The minimum absolute atomic E-state index is 0.164. The highest BCUT2D eigenvalue weighted by atomic mass is 19.4. The number of aliphatic carboxylic acids is 2. The summed E-state index contributed by atoms with van der Waals surface area (Å²) in [7, 11) is 0. The fraction of sp³-hybridized carbons (Fsp3) is 0.167. The lowest BCUT2D eigenvalue weighted by molar-refractivity contribution is -0.192. The maximum atomic E-state index is 11.4. The molecule has 0 atom stereocenters. The molecule has 130 valence electrons. The second kappa shape index (κ2) is 6.85. The fourth-order valence-electron chi connectivity index (χ4n) is 1.51. The molecule has 2 rings (SSSR count). The Hall–Kier alpha value is -3.31. The highest BCUT2D eigenvalue weighted by Crippen LogP contribution is 2.15. The van der Waals surface area contributed by atoms with E-state index in [1.165, 1.54) is 18.2 Å². The van der Waals surface area contributed by atoms with Gasteiger partial charge in [0.25, 0.3) is 0 Å². The number of carboxylic acids is 2. The zero-order chi connectivity index (χ0) is 18.7. The number of oxazole rings is 1. The first kappa shape index (κ1) is 18.7. The Labute approximate surface area is 130 Å². The summed E-state index contributed by atoms with van der Waals surface area (Å²) < 4.78 is 37.6. The van der Waals surface area contributed by atoms with Crippen molar-refractivity contribution in [3.8, 4) is 0 Å². The third kappa shape index (κ3) is 4.59. The van der Waals surface area contributed by atoms with Gasteiger partial charge in [0.05, 0.1) is 5.52 Å². The van der Waals surface area contributed by atoms with Gasteiger partial charge >= 0.3 is 23.9 Å². The highest BCUT2D eigenvalue weighted by Gasteiger charge is 2.38. The van der Waals surface area contributed by atoms with Gasteiger partial charge in [-0.2, -0.15) is 13.2 Å². The maximum Gasteiger partial charge on any atom is 0.490 e. The maximum absolute atomic E-state index is 11.4. The Morgan fingerprint density at radius 2 is 1.83 bits per heavy atom. The predicted molar refractivity (Wildman–Crippen MR) is 72.8 cm³/mol. The number of rotatable bonds is 3. The van der Waals surface area contributed by atoms with Gasteiger partial charge in [0.15, 0.2) is 5.58 Å². The molecule has 5 N–H and O–H groups in total. The second-order valence-electron chi connectivity index (χ2n) is 4.25. The van der Waals surface area contributed by atoms with Crippen molar-refractivity contribution >= 4 is 28.9 Å². The van der Waals surface area contributed by atoms with E-state index >= 15 is 0 Å². The number of hydrogen-bond acceptors (Lipinski definition) is 5. The summed E-state index contributed by atoms with van der Waals surface area (Å²) in [5.41, 5.74) is 6.29. The lowest BCUT2D eigenvalue weighted by Crippen LogP contribution is -2.21. The number of nitrogens with zero attached hydrogens (tertiary/aromatic N) is 1. The van der Waals surface area contributed by atoms with E-state index < -0.39 is 30.4 Å². The third-order valence-electron chi connectivity index (χ3n) is 2.51. The Kier molecular flexibility index (Phi) is 5.35. The lowest BCUT2D eigenvalue weighted by Gasteiger charge is -2.00. The zero-order valence-corrected chi connectivity index (χ0v) is 11.6. The van der Waals surface area contributed by atoms with Gasteiger partial charge in [-0.05, 0) is 18.2 Å². The first-order valence-corrected chi connectivity index (χ1v) is 5.93. The molecule has 0 spiro atoms. The van der Waals surface area contributed by atoms with Gasteiger partial charge in [-0.25, -0.2) is 9.59 Å². The number of benzene rings is 1. The highest BCUT2D eigenvalue weighted by molar-refractivity contribution is 5.97. The molecule has 0 radical (unpaired) electrons. The smallest absolute Gasteiger partial charge is 0.480 e. The van der Waals surface area contributed by atoms with Crippen LogP contribution in [-0.4, -0.2) is 38.7 Å². The van der Waals surface area contributed by atoms with Crippen molar-refractivity contribution in [1.82, 2.24) is 4.57 Å². The van der Waals surface area contributed by atoms with Gasteiger partial charge in [0.1, 0.15) is 12.4 Å². The molecule has 1 aromatic heterocycles. The molecule has 2 aromatic rings. The van der Waals surface area contributed by atoms with Crippen molar-refractivity contribution in [3.63, 3.8) is 0 Å². The molecular weight excluding hydrogens is 339 g/mol. The number of nitrogens with two attached hydrogens (primary N) is 1. The van der Waals surface area contributed by atoms with Crippen LogP contribution in [0.3, 0.4) is 0 Å². The van der Waals surface area contributed by atoms with Crippen LogP contribution < -0.4 is 11.5 Å². The van der Waals surface area contributed by atoms with Gasteiger partial charge in [-0.15, -0.1) is 0 Å². The van der Waals surface area contributed by atoms with Crippen LogP contribution in [0.4, 0.5) is 13.2 Å². The normalized spacial score (nSPS) is 10.8. The van der Waals surface area contributed by atoms with E-state index in [1.807, 2.05) is 0 Å². The van der Waals surface area contributed by atoms with Gasteiger partial charge in [-0.1, -0.05) is 0 Å². The molecule has 1 aromatic carbocycles. The standard InChI is InChI=1S/C10H9N3O4.C2HF3O2/c11-9(12)5-1-2-7-6(3-5)13(4-8(14)15)10(16)17-7;3-2(4,5)1(6)7/h1-3H,4H2,(H3,11,12)(H,14,15);(H,6,7). The SMILES string of the molecule is N=C(N)c1ccc2oc(=O)n(CC(=O)O)c2c1.O=C(O)C(F)(F)F. The first-order chi connectivity index (χ1) is 10.9. The van der Waals surface area contributed by atoms with E-state index in [1.54, 1.807) is 0 Å². The second-order valence-corrected chi connectivity index (χ2v) is 4.25. The number of carbonyl (C=O) groups is 2. The molecule has 0 unspecified atom stereocenters. The van der Waals surface area contributed by atoms with Crippen molar-refractivity contribution in [2.24, 2.45) is 5.73 Å². The van der Waals surface area contributed by atoms with Crippen molar-refractivity contribution < 1.29 is 37.4 Å². The number of amidine groups is 1. The van der Waals surface area contributed by atoms with Gasteiger partial charge in [-0.3, -0.25) is 14.8 Å². The number of alkyl halides is 3. The van der Waals surface area contributed by atoms with E-state index in [4.69, 9.17) is 30.6 Å². The van der Waals surface area contributed by atoms with Crippen LogP contribution in [0.25, 0.3) is 11.1 Å². The minimum Gasteiger partial charge on any atom is -0.480 e. The molecule has 24 heavy (non-hydrogen) atoms. The van der Waals surface area contributed by atoms with Crippen LogP contribution in [0.15, 0.2) is 27.4 Å². The summed E-state index contributed by atoms with van der Waals surface area (Å²) in [6.45, 7) is -0.493. The molecule has 9 nitrogen and oxygen atoms in total. The molecule has 0 aliphatic rings. The summed E-state index contributed by atoms with van der Waals surface area (Å²) in [4.78, 5) is 30.9. The first-order valence-electron chi connectivity index (χ1n) is 5.93. The molecule has 0 amide bonds. The van der Waals surface area contributed by atoms with E-state index in [-0.39, 0.29) is 11.4 Å². The van der Waals surface area contributed by atoms with Crippen LogP contribution in [0.1, 0.15) is 5.56 Å². The Bertz CT molecular complexity index is 852. The van der Waals surface area contributed by atoms with Crippen LogP contribution >= 0.6 is 0 Å². The van der Waals surface area contributed by atoms with Gasteiger partial charge in [0, 0.05) is 5.56 Å². The van der Waals surface area contributed by atoms with Gasteiger partial charge < -0.3 is 20.4 Å². The molecule has 12 heteroatoms. The summed E-state index contributed by atoms with van der Waals surface area (Å²) in [5.74, 6) is -4.82. The zero-order valence-electron chi connectivity index (χ0n) is 11.6. The fourth-order valence-corrected chi connectivity index (χ4v) is 1.51. The van der Waals surface area contributed by atoms with Crippen LogP contribution in [0.5, 0.6) is 0 Å². The number of aromatic nitrogens is 1. The molecule has 0 fully saturated rings. The third-order valence-corrected chi connectivity index (χ3v) is 2.51. The monoisotopic (exact) mass is 349 g/mol. The molecule has 1 heterocycles. The molecule has 0 bridgehead atoms. The largest absolute Gasteiger partial charge is 0.490 e. The Morgan fingerprint density at radius 3 is 2.25 bits per heavy atom. The van der Waals surface area contributed by atoms with Crippen molar-refractivity contribution in [3.05, 3.63) is 34.3 Å². The van der Waals surface area contributed by atoms with Crippen molar-refractivity contribution in [1.29, 1.82) is 5.41 Å². The van der Waals surface area contributed by atoms with E-state index in [2.05, 4.69) is 0 Å². The summed E-state index contributed by atoms with van der Waals surface area (Å²) in [6, 6.07) is 4.45. The van der Waals surface area contributed by atoms with Crippen LogP contribution in [0.2, 0.25) is 0 Å². The number of nitrogen functional groups attached to an aromatic ring is 1. The van der Waals surface area contributed by atoms with Crippen LogP contribution in [0, 0.1) is 5.41 Å². The molecule has 0 saturated carbocycles. The lowest BCUT2D eigenvalue weighted by atomic mass is 10.2. The van der Waals surface area contributed by atoms with Crippen LogP contribution in [-0.2, 0) is 16.1 Å². The molecule has 0 aliphatic heterocycles. The average molecular weight is 349 g/mol.